The number of benzene rings is 1. The summed E-state index contributed by atoms with van der Waals surface area (Å²) in [7, 11) is 2.15. The van der Waals surface area contributed by atoms with Crippen LogP contribution in [0.2, 0.25) is 0 Å². The van der Waals surface area contributed by atoms with Crippen LogP contribution in [0.15, 0.2) is 24.3 Å². The summed E-state index contributed by atoms with van der Waals surface area (Å²) in [6.07, 6.45) is 2.44. The second-order valence-corrected chi connectivity index (χ2v) is 4.72. The molecule has 18 heavy (non-hydrogen) atoms. The third kappa shape index (κ3) is 3.64. The number of hydrogen-bond acceptors (Lipinski definition) is 4. The molecular weight excluding hydrogens is 226 g/mol. The van der Waals surface area contributed by atoms with E-state index in [4.69, 9.17) is 10.00 Å². The summed E-state index contributed by atoms with van der Waals surface area (Å²) >= 11 is 0. The minimum Gasteiger partial charge on any atom is -0.479 e. The molecule has 4 nitrogen and oxygen atoms in total. The molecule has 0 aromatic heterocycles. The van der Waals surface area contributed by atoms with Crippen LogP contribution in [0.3, 0.4) is 0 Å². The number of nitrogens with one attached hydrogen (secondary N) is 1. The van der Waals surface area contributed by atoms with Crippen molar-refractivity contribution in [3.63, 3.8) is 0 Å². The van der Waals surface area contributed by atoms with E-state index in [1.807, 2.05) is 30.3 Å². The van der Waals surface area contributed by atoms with E-state index in [1.54, 1.807) is 0 Å². The largest absolute Gasteiger partial charge is 0.479 e. The van der Waals surface area contributed by atoms with Crippen LogP contribution in [0.1, 0.15) is 12.8 Å². The summed E-state index contributed by atoms with van der Waals surface area (Å²) in [5.74, 6) is 0.741. The molecule has 1 unspecified atom stereocenters. The van der Waals surface area contributed by atoms with Crippen LogP contribution in [0.25, 0.3) is 0 Å². The Hall–Kier alpha value is -1.73. The molecule has 1 heterocycles. The van der Waals surface area contributed by atoms with E-state index in [-0.39, 0.29) is 6.61 Å². The SMILES string of the molecule is CN1CCCC(Nc2cccc(OCC#N)c2)C1. The maximum atomic E-state index is 8.49. The number of likely N-dealkylation sites (N-methyl/N-ethyl adjacent to an activating group) is 1. The minimum absolute atomic E-state index is 0.0929. The average Bonchev–Trinajstić information content (AvgIpc) is 2.37. The van der Waals surface area contributed by atoms with Gasteiger partial charge in [0.2, 0.25) is 0 Å². The van der Waals surface area contributed by atoms with Gasteiger partial charge in [-0.05, 0) is 38.6 Å². The zero-order valence-corrected chi connectivity index (χ0v) is 10.7. The second-order valence-electron chi connectivity index (χ2n) is 4.72. The third-order valence-corrected chi connectivity index (χ3v) is 3.13. The predicted molar refractivity (Wildman–Crippen MR) is 71.7 cm³/mol. The minimum atomic E-state index is 0.0929. The maximum absolute atomic E-state index is 8.49. The first-order valence-electron chi connectivity index (χ1n) is 6.33. The van der Waals surface area contributed by atoms with Gasteiger partial charge in [-0.1, -0.05) is 6.07 Å². The molecule has 0 aliphatic carbocycles. The zero-order valence-electron chi connectivity index (χ0n) is 10.7. The number of ether oxygens (including phenoxy) is 1. The van der Waals surface area contributed by atoms with Crippen molar-refractivity contribution in [2.45, 2.75) is 18.9 Å². The number of rotatable bonds is 4. The van der Waals surface area contributed by atoms with Crippen molar-refractivity contribution in [2.24, 2.45) is 0 Å². The van der Waals surface area contributed by atoms with E-state index in [0.717, 1.165) is 18.0 Å². The molecule has 1 atom stereocenters. The smallest absolute Gasteiger partial charge is 0.174 e. The van der Waals surface area contributed by atoms with Gasteiger partial charge in [-0.2, -0.15) is 5.26 Å². The number of anilines is 1. The summed E-state index contributed by atoms with van der Waals surface area (Å²) in [5, 5.41) is 12.0. The van der Waals surface area contributed by atoms with Crippen LogP contribution in [0.4, 0.5) is 5.69 Å². The second kappa shape index (κ2) is 6.27. The molecule has 1 aliphatic heterocycles. The highest BCUT2D eigenvalue weighted by atomic mass is 16.5. The lowest BCUT2D eigenvalue weighted by molar-refractivity contribution is 0.261. The Morgan fingerprint density at radius 3 is 3.22 bits per heavy atom. The van der Waals surface area contributed by atoms with Crippen molar-refractivity contribution < 1.29 is 4.74 Å². The van der Waals surface area contributed by atoms with Gasteiger partial charge in [0, 0.05) is 24.3 Å². The normalized spacial score (nSPS) is 20.1. The molecule has 1 aliphatic rings. The molecule has 1 fully saturated rings. The molecule has 0 spiro atoms. The standard InChI is InChI=1S/C14H19N3O/c1-17-8-3-5-13(11-17)16-12-4-2-6-14(10-12)18-9-7-15/h2,4,6,10,13,16H,3,5,8-9,11H2,1H3. The van der Waals surface area contributed by atoms with Gasteiger partial charge in [-0.15, -0.1) is 0 Å². The fourth-order valence-electron chi connectivity index (χ4n) is 2.31. The molecule has 1 aromatic rings. The fraction of sp³-hybridized carbons (Fsp3) is 0.500. The van der Waals surface area contributed by atoms with E-state index < -0.39 is 0 Å². The Morgan fingerprint density at radius 2 is 2.44 bits per heavy atom. The lowest BCUT2D eigenvalue weighted by atomic mass is 10.1. The van der Waals surface area contributed by atoms with Crippen molar-refractivity contribution in [1.29, 1.82) is 5.26 Å². The topological polar surface area (TPSA) is 48.3 Å². The van der Waals surface area contributed by atoms with Gasteiger partial charge in [-0.3, -0.25) is 0 Å². The highest BCUT2D eigenvalue weighted by Crippen LogP contribution is 2.20. The van der Waals surface area contributed by atoms with Gasteiger partial charge < -0.3 is 15.0 Å². The molecule has 1 aromatic carbocycles. The number of nitriles is 1. The Labute approximate surface area is 108 Å². The van der Waals surface area contributed by atoms with Gasteiger partial charge in [0.25, 0.3) is 0 Å². The van der Waals surface area contributed by atoms with Gasteiger partial charge in [-0.25, -0.2) is 0 Å². The monoisotopic (exact) mass is 245 g/mol. The molecule has 2 rings (SSSR count). The van der Waals surface area contributed by atoms with E-state index in [2.05, 4.69) is 17.3 Å². The van der Waals surface area contributed by atoms with E-state index in [0.29, 0.717) is 6.04 Å². The first-order chi connectivity index (χ1) is 8.78. The number of likely N-dealkylation sites (tertiary alicyclic amines) is 1. The highest BCUT2D eigenvalue weighted by molar-refractivity contribution is 5.49. The summed E-state index contributed by atoms with van der Waals surface area (Å²) < 4.78 is 5.29. The summed E-state index contributed by atoms with van der Waals surface area (Å²) in [6, 6.07) is 10.3. The highest BCUT2D eigenvalue weighted by Gasteiger charge is 2.16. The number of hydrogen-bond donors (Lipinski definition) is 1. The summed E-state index contributed by atoms with van der Waals surface area (Å²) in [6.45, 7) is 2.35. The first-order valence-corrected chi connectivity index (χ1v) is 6.33. The molecule has 4 heteroatoms. The number of piperidine rings is 1. The molecule has 1 saturated heterocycles. The van der Waals surface area contributed by atoms with Crippen molar-refractivity contribution in [1.82, 2.24) is 4.90 Å². The van der Waals surface area contributed by atoms with Crippen LogP contribution in [0, 0.1) is 11.3 Å². The van der Waals surface area contributed by atoms with E-state index in [9.17, 15) is 0 Å². The molecular formula is C14H19N3O. The molecule has 0 amide bonds. The van der Waals surface area contributed by atoms with Crippen LogP contribution >= 0.6 is 0 Å². The van der Waals surface area contributed by atoms with Crippen LogP contribution in [-0.2, 0) is 0 Å². The third-order valence-electron chi connectivity index (χ3n) is 3.13. The predicted octanol–water partition coefficient (Wildman–Crippen LogP) is 2.10. The van der Waals surface area contributed by atoms with E-state index in [1.165, 1.54) is 19.4 Å². The summed E-state index contributed by atoms with van der Waals surface area (Å²) in [5.41, 5.74) is 1.06. The lowest BCUT2D eigenvalue weighted by Gasteiger charge is -2.30. The molecule has 0 saturated carbocycles. The quantitative estimate of drug-likeness (QED) is 0.882. The lowest BCUT2D eigenvalue weighted by Crippen LogP contribution is -2.39. The van der Waals surface area contributed by atoms with Gasteiger partial charge >= 0.3 is 0 Å². The van der Waals surface area contributed by atoms with Crippen LogP contribution in [0.5, 0.6) is 5.75 Å². The summed E-state index contributed by atoms with van der Waals surface area (Å²) in [4.78, 5) is 2.34. The first kappa shape index (κ1) is 12.7. The van der Waals surface area contributed by atoms with Gasteiger partial charge in [0.15, 0.2) is 6.61 Å². The average molecular weight is 245 g/mol. The Morgan fingerprint density at radius 1 is 1.56 bits per heavy atom. The van der Waals surface area contributed by atoms with Crippen molar-refractivity contribution in [2.75, 3.05) is 32.1 Å². The Bertz CT molecular complexity index is 427. The molecule has 0 bridgehead atoms. The van der Waals surface area contributed by atoms with Crippen LogP contribution < -0.4 is 10.1 Å². The van der Waals surface area contributed by atoms with Crippen LogP contribution in [-0.4, -0.2) is 37.7 Å². The Kier molecular flexibility index (Phi) is 4.43. The molecule has 1 N–H and O–H groups in total. The van der Waals surface area contributed by atoms with Crippen molar-refractivity contribution in [3.8, 4) is 11.8 Å². The van der Waals surface area contributed by atoms with E-state index >= 15 is 0 Å². The van der Waals surface area contributed by atoms with Crippen molar-refractivity contribution >= 4 is 5.69 Å². The van der Waals surface area contributed by atoms with Gasteiger partial charge in [0.05, 0.1) is 0 Å². The maximum Gasteiger partial charge on any atom is 0.174 e. The van der Waals surface area contributed by atoms with Crippen molar-refractivity contribution in [3.05, 3.63) is 24.3 Å². The molecule has 0 radical (unpaired) electrons. The van der Waals surface area contributed by atoms with Gasteiger partial charge in [0.1, 0.15) is 11.8 Å². The molecule has 96 valence electrons. The zero-order chi connectivity index (χ0) is 12.8. The Balaban J connectivity index is 1.94. The fourth-order valence-corrected chi connectivity index (χ4v) is 2.31. The number of nitrogens with zero attached hydrogens (tertiary/aromatic N) is 2.